The summed E-state index contributed by atoms with van der Waals surface area (Å²) in [6, 6.07) is 14.8. The van der Waals surface area contributed by atoms with Gasteiger partial charge < -0.3 is 14.2 Å². The number of hydrogen-bond acceptors (Lipinski definition) is 5. The van der Waals surface area contributed by atoms with Crippen molar-refractivity contribution >= 4 is 5.91 Å². The third kappa shape index (κ3) is 3.91. The standard InChI is InChI=1S/C20H21N3O3/c1-14-8-4-5-10-19(14)25-13-16-12-18(22-26-16)20(24)23(3)15(2)17-9-6-7-11-21-17/h4-12,15H,13H2,1-3H3. The predicted octanol–water partition coefficient (Wildman–Crippen LogP) is 3.79. The van der Waals surface area contributed by atoms with Gasteiger partial charge >= 0.3 is 0 Å². The summed E-state index contributed by atoms with van der Waals surface area (Å²) in [5.41, 5.74) is 2.10. The molecular formula is C20H21N3O3. The third-order valence-corrected chi connectivity index (χ3v) is 4.26. The minimum atomic E-state index is -0.228. The van der Waals surface area contributed by atoms with E-state index in [0.717, 1.165) is 17.0 Å². The number of benzene rings is 1. The van der Waals surface area contributed by atoms with Gasteiger partial charge in [0, 0.05) is 19.3 Å². The van der Waals surface area contributed by atoms with Crippen LogP contribution in [0.3, 0.4) is 0 Å². The molecule has 0 radical (unpaired) electrons. The van der Waals surface area contributed by atoms with Gasteiger partial charge in [0.25, 0.3) is 5.91 Å². The van der Waals surface area contributed by atoms with Gasteiger partial charge in [-0.3, -0.25) is 9.78 Å². The van der Waals surface area contributed by atoms with E-state index in [1.165, 1.54) is 0 Å². The lowest BCUT2D eigenvalue weighted by molar-refractivity contribution is 0.0729. The maximum Gasteiger partial charge on any atom is 0.276 e. The number of hydrogen-bond donors (Lipinski definition) is 0. The van der Waals surface area contributed by atoms with Gasteiger partial charge in [0.05, 0.1) is 11.7 Å². The number of aryl methyl sites for hydroxylation is 1. The lowest BCUT2D eigenvalue weighted by atomic mass is 10.2. The smallest absolute Gasteiger partial charge is 0.276 e. The van der Waals surface area contributed by atoms with Crippen LogP contribution in [-0.2, 0) is 6.61 Å². The summed E-state index contributed by atoms with van der Waals surface area (Å²) in [6.07, 6.45) is 1.71. The average molecular weight is 351 g/mol. The molecule has 2 heterocycles. The SMILES string of the molecule is Cc1ccccc1OCc1cc(C(=O)N(C)C(C)c2ccccn2)no1. The van der Waals surface area contributed by atoms with Crippen molar-refractivity contribution in [2.24, 2.45) is 0 Å². The number of para-hydroxylation sites is 1. The van der Waals surface area contributed by atoms with E-state index < -0.39 is 0 Å². The first-order valence-electron chi connectivity index (χ1n) is 8.38. The highest BCUT2D eigenvalue weighted by Gasteiger charge is 2.23. The third-order valence-electron chi connectivity index (χ3n) is 4.26. The van der Waals surface area contributed by atoms with Gasteiger partial charge in [-0.25, -0.2) is 0 Å². The van der Waals surface area contributed by atoms with Crippen molar-refractivity contribution in [1.29, 1.82) is 0 Å². The van der Waals surface area contributed by atoms with E-state index in [1.807, 2.05) is 56.3 Å². The van der Waals surface area contributed by atoms with Crippen molar-refractivity contribution in [3.63, 3.8) is 0 Å². The zero-order chi connectivity index (χ0) is 18.5. The Bertz CT molecular complexity index is 877. The van der Waals surface area contributed by atoms with Crippen molar-refractivity contribution in [1.82, 2.24) is 15.0 Å². The highest BCUT2D eigenvalue weighted by molar-refractivity contribution is 5.92. The summed E-state index contributed by atoms with van der Waals surface area (Å²) in [5.74, 6) is 1.04. The molecule has 1 atom stereocenters. The van der Waals surface area contributed by atoms with Gasteiger partial charge in [-0.05, 0) is 37.6 Å². The van der Waals surface area contributed by atoms with Crippen LogP contribution in [0.1, 0.15) is 40.5 Å². The van der Waals surface area contributed by atoms with Gasteiger partial charge in [-0.2, -0.15) is 0 Å². The number of nitrogens with zero attached hydrogens (tertiary/aromatic N) is 3. The van der Waals surface area contributed by atoms with Gasteiger partial charge in [0.1, 0.15) is 12.4 Å². The molecule has 134 valence electrons. The minimum absolute atomic E-state index is 0.174. The molecule has 0 aliphatic heterocycles. The zero-order valence-corrected chi connectivity index (χ0v) is 15.0. The molecule has 6 heteroatoms. The summed E-state index contributed by atoms with van der Waals surface area (Å²) in [5, 5.41) is 3.88. The zero-order valence-electron chi connectivity index (χ0n) is 15.0. The highest BCUT2D eigenvalue weighted by Crippen LogP contribution is 2.20. The molecule has 3 aromatic rings. The summed E-state index contributed by atoms with van der Waals surface area (Å²) in [4.78, 5) is 18.5. The van der Waals surface area contributed by atoms with Crippen molar-refractivity contribution < 1.29 is 14.1 Å². The monoisotopic (exact) mass is 351 g/mol. The van der Waals surface area contributed by atoms with Gasteiger partial charge in [0.15, 0.2) is 11.5 Å². The van der Waals surface area contributed by atoms with Crippen LogP contribution >= 0.6 is 0 Å². The molecule has 26 heavy (non-hydrogen) atoms. The minimum Gasteiger partial charge on any atom is -0.485 e. The second-order valence-corrected chi connectivity index (χ2v) is 6.08. The molecule has 0 spiro atoms. The highest BCUT2D eigenvalue weighted by atomic mass is 16.5. The van der Waals surface area contributed by atoms with E-state index in [2.05, 4.69) is 10.1 Å². The number of carbonyl (C=O) groups excluding carboxylic acids is 1. The molecule has 0 saturated carbocycles. The van der Waals surface area contributed by atoms with Crippen molar-refractivity contribution in [2.75, 3.05) is 7.05 Å². The molecule has 0 aliphatic rings. The normalized spacial score (nSPS) is 11.8. The Balaban J connectivity index is 1.65. The first kappa shape index (κ1) is 17.7. The molecule has 3 rings (SSSR count). The first-order valence-corrected chi connectivity index (χ1v) is 8.38. The van der Waals surface area contributed by atoms with Crippen molar-refractivity contribution in [3.8, 4) is 5.75 Å². The molecule has 0 aliphatic carbocycles. The Morgan fingerprint density at radius 2 is 2.00 bits per heavy atom. The fourth-order valence-electron chi connectivity index (χ4n) is 2.53. The molecular weight excluding hydrogens is 330 g/mol. The Labute approximate surface area is 152 Å². The molecule has 6 nitrogen and oxygen atoms in total. The topological polar surface area (TPSA) is 68.5 Å². The maximum atomic E-state index is 12.6. The fourth-order valence-corrected chi connectivity index (χ4v) is 2.53. The van der Waals surface area contributed by atoms with E-state index in [9.17, 15) is 4.79 Å². The van der Waals surface area contributed by atoms with Crippen LogP contribution in [0.25, 0.3) is 0 Å². The summed E-state index contributed by atoms with van der Waals surface area (Å²) in [6.45, 7) is 4.10. The van der Waals surface area contributed by atoms with E-state index in [1.54, 1.807) is 24.2 Å². The Morgan fingerprint density at radius 1 is 1.23 bits per heavy atom. The molecule has 1 unspecified atom stereocenters. The van der Waals surface area contributed by atoms with E-state index in [0.29, 0.717) is 5.76 Å². The van der Waals surface area contributed by atoms with Crippen LogP contribution in [0, 0.1) is 6.92 Å². The number of ether oxygens (including phenoxy) is 1. The quantitative estimate of drug-likeness (QED) is 0.676. The number of aromatic nitrogens is 2. The predicted molar refractivity (Wildman–Crippen MR) is 96.8 cm³/mol. The Kier molecular flexibility index (Phi) is 5.31. The summed E-state index contributed by atoms with van der Waals surface area (Å²) < 4.78 is 11.0. The Hall–Kier alpha value is -3.15. The first-order chi connectivity index (χ1) is 12.6. The van der Waals surface area contributed by atoms with E-state index in [-0.39, 0.29) is 24.2 Å². The van der Waals surface area contributed by atoms with Crippen LogP contribution in [0.5, 0.6) is 5.75 Å². The number of rotatable bonds is 6. The van der Waals surface area contributed by atoms with Gasteiger partial charge in [-0.1, -0.05) is 29.4 Å². The fraction of sp³-hybridized carbons (Fsp3) is 0.250. The number of pyridine rings is 1. The van der Waals surface area contributed by atoms with Gasteiger partial charge in [-0.15, -0.1) is 0 Å². The van der Waals surface area contributed by atoms with E-state index >= 15 is 0 Å². The number of amides is 1. The maximum absolute atomic E-state index is 12.6. The van der Waals surface area contributed by atoms with Crippen molar-refractivity contribution in [2.45, 2.75) is 26.5 Å². The number of carbonyl (C=O) groups is 1. The molecule has 0 bridgehead atoms. The second kappa shape index (κ2) is 7.82. The molecule has 2 aromatic heterocycles. The van der Waals surface area contributed by atoms with E-state index in [4.69, 9.17) is 9.26 Å². The second-order valence-electron chi connectivity index (χ2n) is 6.08. The van der Waals surface area contributed by atoms with Gasteiger partial charge in [0.2, 0.25) is 0 Å². The van der Waals surface area contributed by atoms with Crippen LogP contribution in [0.4, 0.5) is 0 Å². The molecule has 0 fully saturated rings. The molecule has 1 aromatic carbocycles. The van der Waals surface area contributed by atoms with Crippen molar-refractivity contribution in [3.05, 3.63) is 77.4 Å². The van der Waals surface area contributed by atoms with Crippen LogP contribution in [0.15, 0.2) is 59.3 Å². The largest absolute Gasteiger partial charge is 0.485 e. The lowest BCUT2D eigenvalue weighted by Crippen LogP contribution is -2.30. The average Bonchev–Trinajstić information content (AvgIpc) is 3.15. The molecule has 0 saturated heterocycles. The molecule has 0 N–H and O–H groups in total. The molecule has 1 amide bonds. The lowest BCUT2D eigenvalue weighted by Gasteiger charge is -2.23. The Morgan fingerprint density at radius 3 is 2.73 bits per heavy atom. The van der Waals surface area contributed by atoms with Crippen LogP contribution in [0.2, 0.25) is 0 Å². The summed E-state index contributed by atoms with van der Waals surface area (Å²) in [7, 11) is 1.72. The van der Waals surface area contributed by atoms with Crippen LogP contribution in [-0.4, -0.2) is 28.0 Å². The summed E-state index contributed by atoms with van der Waals surface area (Å²) >= 11 is 0. The van der Waals surface area contributed by atoms with Crippen LogP contribution < -0.4 is 4.74 Å².